The molecule has 3 N–H and O–H groups in total. The number of nitrogens with one attached hydrogen (secondary N) is 1. The molecule has 0 atom stereocenters. The Balaban J connectivity index is 2.18. The molecule has 19 heavy (non-hydrogen) atoms. The summed E-state index contributed by atoms with van der Waals surface area (Å²) in [4.78, 5) is 15.0. The number of para-hydroxylation sites is 1. The number of hydrogen-bond acceptors (Lipinski definition) is 2. The third kappa shape index (κ3) is 2.16. The first-order valence-electron chi connectivity index (χ1n) is 6.19. The normalized spacial score (nSPS) is 10.8. The second kappa shape index (κ2) is 4.71. The Morgan fingerprint density at radius 2 is 1.74 bits per heavy atom. The molecule has 0 aliphatic carbocycles. The van der Waals surface area contributed by atoms with Crippen LogP contribution < -0.4 is 11.3 Å². The van der Waals surface area contributed by atoms with Crippen LogP contribution in [-0.4, -0.2) is 4.98 Å². The summed E-state index contributed by atoms with van der Waals surface area (Å²) in [5, 5.41) is 1.03. The zero-order valence-corrected chi connectivity index (χ0v) is 10.4. The number of fused-ring (bicyclic) bond motifs is 1. The first-order chi connectivity index (χ1) is 9.28. The quantitative estimate of drug-likeness (QED) is 0.734. The van der Waals surface area contributed by atoms with Crippen LogP contribution >= 0.6 is 0 Å². The molecule has 0 unspecified atom stereocenters. The Bertz CT molecular complexity index is 773. The predicted octanol–water partition coefficient (Wildman–Crippen LogP) is 2.65. The van der Waals surface area contributed by atoms with Crippen molar-refractivity contribution in [3.05, 3.63) is 70.5 Å². The highest BCUT2D eigenvalue weighted by molar-refractivity contribution is 5.83. The van der Waals surface area contributed by atoms with Crippen LogP contribution in [0.5, 0.6) is 0 Å². The first-order valence-corrected chi connectivity index (χ1v) is 6.19. The van der Waals surface area contributed by atoms with Crippen molar-refractivity contribution in [2.24, 2.45) is 5.73 Å². The van der Waals surface area contributed by atoms with Gasteiger partial charge in [-0.3, -0.25) is 4.79 Å². The van der Waals surface area contributed by atoms with Crippen molar-refractivity contribution in [3.63, 3.8) is 0 Å². The second-order valence-corrected chi connectivity index (χ2v) is 4.50. The number of pyridine rings is 1. The summed E-state index contributed by atoms with van der Waals surface area (Å²) in [7, 11) is 0. The molecule has 0 radical (unpaired) electrons. The zero-order chi connectivity index (χ0) is 13.2. The highest BCUT2D eigenvalue weighted by atomic mass is 16.1. The molecule has 2 aromatic carbocycles. The Morgan fingerprint density at radius 3 is 2.47 bits per heavy atom. The molecule has 0 amide bonds. The lowest BCUT2D eigenvalue weighted by molar-refractivity contribution is 1.07. The van der Waals surface area contributed by atoms with Crippen LogP contribution in [0, 0.1) is 0 Å². The summed E-state index contributed by atoms with van der Waals surface area (Å²) in [5.74, 6) is 0. The maximum Gasteiger partial charge on any atom is 0.256 e. The van der Waals surface area contributed by atoms with Gasteiger partial charge in [0.2, 0.25) is 0 Å². The van der Waals surface area contributed by atoms with Gasteiger partial charge in [0.15, 0.2) is 0 Å². The summed E-state index contributed by atoms with van der Waals surface area (Å²) in [6.45, 7) is 0.508. The lowest BCUT2D eigenvalue weighted by atomic mass is 10.0. The number of rotatable bonds is 2. The van der Waals surface area contributed by atoms with Gasteiger partial charge in [0, 0.05) is 17.6 Å². The molecule has 0 aliphatic rings. The average molecular weight is 250 g/mol. The topological polar surface area (TPSA) is 58.9 Å². The van der Waals surface area contributed by atoms with E-state index in [1.54, 1.807) is 0 Å². The molecule has 94 valence electrons. The Kier molecular flexibility index (Phi) is 2.89. The van der Waals surface area contributed by atoms with Gasteiger partial charge in [-0.2, -0.15) is 0 Å². The molecule has 3 rings (SSSR count). The fourth-order valence-corrected chi connectivity index (χ4v) is 2.18. The van der Waals surface area contributed by atoms with Crippen LogP contribution in [0.4, 0.5) is 0 Å². The number of aromatic nitrogens is 1. The summed E-state index contributed by atoms with van der Waals surface area (Å²) >= 11 is 0. The van der Waals surface area contributed by atoms with Crippen LogP contribution in [0.1, 0.15) is 5.56 Å². The zero-order valence-electron chi connectivity index (χ0n) is 10.4. The second-order valence-electron chi connectivity index (χ2n) is 4.50. The van der Waals surface area contributed by atoms with E-state index in [0.717, 1.165) is 22.0 Å². The van der Waals surface area contributed by atoms with Crippen molar-refractivity contribution in [1.82, 2.24) is 4.98 Å². The number of benzene rings is 2. The Labute approximate surface area is 110 Å². The molecule has 0 aliphatic heterocycles. The van der Waals surface area contributed by atoms with E-state index < -0.39 is 0 Å². The SMILES string of the molecule is NCc1ccc(-c2cc3ccccc3[nH]c2=O)cc1. The van der Waals surface area contributed by atoms with Crippen molar-refractivity contribution in [3.8, 4) is 11.1 Å². The predicted molar refractivity (Wildman–Crippen MR) is 77.9 cm³/mol. The van der Waals surface area contributed by atoms with Gasteiger partial charge < -0.3 is 10.7 Å². The van der Waals surface area contributed by atoms with E-state index in [4.69, 9.17) is 5.73 Å². The van der Waals surface area contributed by atoms with Crippen LogP contribution in [0.2, 0.25) is 0 Å². The lowest BCUT2D eigenvalue weighted by Crippen LogP contribution is -2.08. The number of nitrogens with two attached hydrogens (primary N) is 1. The van der Waals surface area contributed by atoms with E-state index in [1.165, 1.54) is 0 Å². The van der Waals surface area contributed by atoms with Gasteiger partial charge in [-0.1, -0.05) is 42.5 Å². The van der Waals surface area contributed by atoms with E-state index in [2.05, 4.69) is 4.98 Å². The van der Waals surface area contributed by atoms with Crippen LogP contribution in [0.15, 0.2) is 59.4 Å². The summed E-state index contributed by atoms with van der Waals surface area (Å²) in [5.41, 5.74) is 9.01. The van der Waals surface area contributed by atoms with Crippen LogP contribution in [0.3, 0.4) is 0 Å². The van der Waals surface area contributed by atoms with Crippen molar-refractivity contribution >= 4 is 10.9 Å². The third-order valence-corrected chi connectivity index (χ3v) is 3.25. The molecule has 3 heteroatoms. The standard InChI is InChI=1S/C16H14N2O/c17-10-11-5-7-12(8-6-11)14-9-13-3-1-2-4-15(13)18-16(14)19/h1-9H,10,17H2,(H,18,19). The van der Waals surface area contributed by atoms with E-state index >= 15 is 0 Å². The molecule has 0 saturated heterocycles. The minimum atomic E-state index is -0.0702. The molecule has 3 aromatic rings. The molecule has 1 heterocycles. The van der Waals surface area contributed by atoms with E-state index in [1.807, 2.05) is 54.6 Å². The highest BCUT2D eigenvalue weighted by Crippen LogP contribution is 2.19. The molecule has 0 bridgehead atoms. The Hall–Kier alpha value is -2.39. The average Bonchev–Trinajstić information content (AvgIpc) is 2.47. The summed E-state index contributed by atoms with van der Waals surface area (Å²) in [6, 6.07) is 17.4. The number of hydrogen-bond donors (Lipinski definition) is 2. The summed E-state index contributed by atoms with van der Waals surface area (Å²) in [6.07, 6.45) is 0. The molecule has 3 nitrogen and oxygen atoms in total. The van der Waals surface area contributed by atoms with Crippen molar-refractivity contribution in [1.29, 1.82) is 0 Å². The van der Waals surface area contributed by atoms with Gasteiger partial charge in [-0.05, 0) is 28.6 Å². The fraction of sp³-hybridized carbons (Fsp3) is 0.0625. The summed E-state index contributed by atoms with van der Waals surface area (Å²) < 4.78 is 0. The van der Waals surface area contributed by atoms with E-state index in [0.29, 0.717) is 12.1 Å². The van der Waals surface area contributed by atoms with Gasteiger partial charge in [0.25, 0.3) is 5.56 Å². The fourth-order valence-electron chi connectivity index (χ4n) is 2.18. The van der Waals surface area contributed by atoms with Gasteiger partial charge in [0.05, 0.1) is 0 Å². The van der Waals surface area contributed by atoms with Crippen molar-refractivity contribution < 1.29 is 0 Å². The smallest absolute Gasteiger partial charge is 0.256 e. The third-order valence-electron chi connectivity index (χ3n) is 3.25. The monoisotopic (exact) mass is 250 g/mol. The minimum absolute atomic E-state index is 0.0702. The maximum absolute atomic E-state index is 12.1. The van der Waals surface area contributed by atoms with Crippen LogP contribution in [0.25, 0.3) is 22.0 Å². The number of H-pyrrole nitrogens is 1. The van der Waals surface area contributed by atoms with Gasteiger partial charge in [0.1, 0.15) is 0 Å². The van der Waals surface area contributed by atoms with Gasteiger partial charge >= 0.3 is 0 Å². The van der Waals surface area contributed by atoms with Crippen molar-refractivity contribution in [2.45, 2.75) is 6.54 Å². The molecular weight excluding hydrogens is 236 g/mol. The first kappa shape index (κ1) is 11.7. The minimum Gasteiger partial charge on any atom is -0.326 e. The van der Waals surface area contributed by atoms with Gasteiger partial charge in [-0.25, -0.2) is 0 Å². The van der Waals surface area contributed by atoms with E-state index in [-0.39, 0.29) is 5.56 Å². The largest absolute Gasteiger partial charge is 0.326 e. The van der Waals surface area contributed by atoms with Gasteiger partial charge in [-0.15, -0.1) is 0 Å². The molecular formula is C16H14N2O. The molecule has 0 spiro atoms. The number of aromatic amines is 1. The maximum atomic E-state index is 12.1. The van der Waals surface area contributed by atoms with Crippen LogP contribution in [-0.2, 0) is 6.54 Å². The van der Waals surface area contributed by atoms with E-state index in [9.17, 15) is 4.79 Å². The molecule has 0 fully saturated rings. The molecule has 0 saturated carbocycles. The molecule has 1 aromatic heterocycles. The lowest BCUT2D eigenvalue weighted by Gasteiger charge is -2.04. The highest BCUT2D eigenvalue weighted by Gasteiger charge is 2.05. The van der Waals surface area contributed by atoms with Crippen molar-refractivity contribution in [2.75, 3.05) is 0 Å². The Morgan fingerprint density at radius 1 is 1.00 bits per heavy atom.